The van der Waals surface area contributed by atoms with Crippen LogP contribution in [0.5, 0.6) is 0 Å². The van der Waals surface area contributed by atoms with Crippen LogP contribution in [0.1, 0.15) is 17.9 Å². The van der Waals surface area contributed by atoms with Crippen LogP contribution in [0.2, 0.25) is 0 Å². The summed E-state index contributed by atoms with van der Waals surface area (Å²) in [5.74, 6) is 0.0978. The summed E-state index contributed by atoms with van der Waals surface area (Å²) >= 11 is 0. The molecule has 1 atom stereocenters. The summed E-state index contributed by atoms with van der Waals surface area (Å²) in [5.41, 5.74) is 1.41. The molecule has 0 aliphatic carbocycles. The van der Waals surface area contributed by atoms with Gasteiger partial charge in [0.25, 0.3) is 0 Å². The van der Waals surface area contributed by atoms with Crippen molar-refractivity contribution in [3.8, 4) is 0 Å². The highest BCUT2D eigenvalue weighted by Crippen LogP contribution is 2.25. The molecule has 2 amide bonds. The predicted octanol–water partition coefficient (Wildman–Crippen LogP) is 1.66. The Labute approximate surface area is 157 Å². The number of anilines is 2. The zero-order valence-corrected chi connectivity index (χ0v) is 15.6. The minimum atomic E-state index is -0.458. The molecule has 8 heteroatoms. The molecule has 27 heavy (non-hydrogen) atoms. The fraction of sp³-hybridized carbons (Fsp3) is 0.368. The number of nitrogens with zero attached hydrogens (tertiary/aromatic N) is 4. The van der Waals surface area contributed by atoms with Crippen LogP contribution < -0.4 is 15.1 Å². The number of nitrogens with one attached hydrogen (secondary N) is 1. The van der Waals surface area contributed by atoms with Gasteiger partial charge in [0.15, 0.2) is 0 Å². The maximum absolute atomic E-state index is 13.1. The molecule has 0 bridgehead atoms. The number of hydrogen-bond acceptors (Lipinski definition) is 5. The Bertz CT molecular complexity index is 854. The smallest absolute Gasteiger partial charge is 0.227 e. The molecule has 142 valence electrons. The molecule has 0 radical (unpaired) electrons. The van der Waals surface area contributed by atoms with Gasteiger partial charge in [-0.1, -0.05) is 0 Å². The number of benzene rings is 1. The van der Waals surface area contributed by atoms with Gasteiger partial charge in [0.2, 0.25) is 11.8 Å². The van der Waals surface area contributed by atoms with Crippen LogP contribution in [0.25, 0.3) is 0 Å². The van der Waals surface area contributed by atoms with Crippen LogP contribution in [-0.4, -0.2) is 42.4 Å². The minimum absolute atomic E-state index is 0.126. The number of aryl methyl sites for hydroxylation is 1. The summed E-state index contributed by atoms with van der Waals surface area (Å²) < 4.78 is 13.1. The average molecular weight is 371 g/mol. The highest BCUT2D eigenvalue weighted by molar-refractivity contribution is 6.00. The molecule has 0 spiro atoms. The Morgan fingerprint density at radius 3 is 2.67 bits per heavy atom. The van der Waals surface area contributed by atoms with Crippen LogP contribution in [0.15, 0.2) is 30.3 Å². The van der Waals surface area contributed by atoms with E-state index in [1.807, 2.05) is 32.0 Å². The molecule has 3 rings (SSSR count). The molecule has 7 nitrogen and oxygen atoms in total. The number of amides is 2. The second kappa shape index (κ2) is 7.69. The maximum Gasteiger partial charge on any atom is 0.227 e. The molecule has 1 aliphatic rings. The molecule has 1 N–H and O–H groups in total. The third-order valence-corrected chi connectivity index (χ3v) is 4.40. The lowest BCUT2D eigenvalue weighted by atomic mass is 10.1. The van der Waals surface area contributed by atoms with Crippen LogP contribution in [-0.2, 0) is 16.1 Å². The van der Waals surface area contributed by atoms with Gasteiger partial charge in [-0.25, -0.2) is 14.4 Å². The van der Waals surface area contributed by atoms with Crippen molar-refractivity contribution in [2.45, 2.75) is 19.9 Å². The van der Waals surface area contributed by atoms with Gasteiger partial charge in [-0.05, 0) is 31.2 Å². The van der Waals surface area contributed by atoms with Crippen LogP contribution in [0, 0.1) is 18.7 Å². The molecular weight excluding hydrogens is 349 g/mol. The number of hydrogen-bond donors (Lipinski definition) is 1. The maximum atomic E-state index is 13.1. The van der Waals surface area contributed by atoms with Crippen molar-refractivity contribution >= 4 is 23.3 Å². The zero-order valence-electron chi connectivity index (χ0n) is 15.6. The lowest BCUT2D eigenvalue weighted by molar-refractivity contribution is -0.126. The van der Waals surface area contributed by atoms with Crippen LogP contribution >= 0.6 is 0 Å². The summed E-state index contributed by atoms with van der Waals surface area (Å²) in [6.07, 6.45) is 0.126. The number of aromatic nitrogens is 2. The SMILES string of the molecule is Cc1cc(N(C)C)nc(CNC(=O)C2CC(=O)N(c3ccc(F)cc3)C2)n1. The van der Waals surface area contributed by atoms with E-state index in [9.17, 15) is 14.0 Å². The predicted molar refractivity (Wildman–Crippen MR) is 99.8 cm³/mol. The molecule has 1 saturated heterocycles. The van der Waals surface area contributed by atoms with Crippen molar-refractivity contribution in [1.82, 2.24) is 15.3 Å². The molecule has 1 aromatic carbocycles. The van der Waals surface area contributed by atoms with E-state index in [1.165, 1.54) is 29.2 Å². The van der Waals surface area contributed by atoms with E-state index in [2.05, 4.69) is 15.3 Å². The molecule has 0 saturated carbocycles. The molecule has 1 aromatic heterocycles. The van der Waals surface area contributed by atoms with E-state index in [0.29, 0.717) is 11.5 Å². The van der Waals surface area contributed by atoms with Gasteiger partial charge in [0.05, 0.1) is 12.5 Å². The highest BCUT2D eigenvalue weighted by Gasteiger charge is 2.35. The zero-order chi connectivity index (χ0) is 19.6. The van der Waals surface area contributed by atoms with Crippen molar-refractivity contribution in [2.24, 2.45) is 5.92 Å². The third kappa shape index (κ3) is 4.39. The van der Waals surface area contributed by atoms with Gasteiger partial charge >= 0.3 is 0 Å². The largest absolute Gasteiger partial charge is 0.363 e. The van der Waals surface area contributed by atoms with E-state index in [4.69, 9.17) is 0 Å². The standard InChI is InChI=1S/C19H22FN5O2/c1-12-8-17(24(2)3)23-16(22-12)10-21-19(27)13-9-18(26)25(11-13)15-6-4-14(20)5-7-15/h4-8,13H,9-11H2,1-3H3,(H,21,27). The van der Waals surface area contributed by atoms with Gasteiger partial charge in [-0.15, -0.1) is 0 Å². The lowest BCUT2D eigenvalue weighted by Crippen LogP contribution is -2.33. The number of halogens is 1. The molecule has 2 aromatic rings. The van der Waals surface area contributed by atoms with Crippen molar-refractivity contribution < 1.29 is 14.0 Å². The quantitative estimate of drug-likeness (QED) is 0.865. The third-order valence-electron chi connectivity index (χ3n) is 4.40. The molecule has 2 heterocycles. The number of rotatable bonds is 5. The van der Waals surface area contributed by atoms with Crippen LogP contribution in [0.4, 0.5) is 15.9 Å². The Balaban J connectivity index is 1.62. The van der Waals surface area contributed by atoms with Crippen molar-refractivity contribution in [3.63, 3.8) is 0 Å². The number of carbonyl (C=O) groups is 2. The minimum Gasteiger partial charge on any atom is -0.363 e. The second-order valence-electron chi connectivity index (χ2n) is 6.78. The lowest BCUT2D eigenvalue weighted by Gasteiger charge is -2.17. The van der Waals surface area contributed by atoms with Gasteiger partial charge in [-0.2, -0.15) is 0 Å². The molecule has 1 unspecified atom stereocenters. The van der Waals surface area contributed by atoms with Crippen molar-refractivity contribution in [1.29, 1.82) is 0 Å². The first kappa shape index (κ1) is 18.8. The second-order valence-corrected chi connectivity index (χ2v) is 6.78. The van der Waals surface area contributed by atoms with E-state index in [-0.39, 0.29) is 37.1 Å². The Morgan fingerprint density at radius 2 is 2.00 bits per heavy atom. The summed E-state index contributed by atoms with van der Waals surface area (Å²) in [6, 6.07) is 7.54. The van der Waals surface area contributed by atoms with Gasteiger partial charge < -0.3 is 15.1 Å². The molecule has 1 aliphatic heterocycles. The van der Waals surface area contributed by atoms with Crippen molar-refractivity contribution in [3.05, 3.63) is 47.7 Å². The van der Waals surface area contributed by atoms with Gasteiger partial charge in [0.1, 0.15) is 17.5 Å². The fourth-order valence-corrected chi connectivity index (χ4v) is 2.98. The first-order valence-corrected chi connectivity index (χ1v) is 8.69. The first-order chi connectivity index (χ1) is 12.8. The molecule has 1 fully saturated rings. The van der Waals surface area contributed by atoms with E-state index >= 15 is 0 Å². The van der Waals surface area contributed by atoms with Crippen LogP contribution in [0.3, 0.4) is 0 Å². The normalized spacial score (nSPS) is 16.5. The van der Waals surface area contributed by atoms with Gasteiger partial charge in [0, 0.05) is 44.5 Å². The average Bonchev–Trinajstić information content (AvgIpc) is 3.01. The summed E-state index contributed by atoms with van der Waals surface area (Å²) in [4.78, 5) is 36.8. The summed E-state index contributed by atoms with van der Waals surface area (Å²) in [6.45, 7) is 2.34. The van der Waals surface area contributed by atoms with E-state index < -0.39 is 5.92 Å². The van der Waals surface area contributed by atoms with Gasteiger partial charge in [-0.3, -0.25) is 9.59 Å². The topological polar surface area (TPSA) is 78.4 Å². The Morgan fingerprint density at radius 1 is 1.30 bits per heavy atom. The van der Waals surface area contributed by atoms with Crippen molar-refractivity contribution in [2.75, 3.05) is 30.4 Å². The Kier molecular flexibility index (Phi) is 5.34. The summed E-state index contributed by atoms with van der Waals surface area (Å²) in [5, 5.41) is 2.81. The summed E-state index contributed by atoms with van der Waals surface area (Å²) in [7, 11) is 3.77. The monoisotopic (exact) mass is 371 g/mol. The number of carbonyl (C=O) groups excluding carboxylic acids is 2. The Hall–Kier alpha value is -3.03. The first-order valence-electron chi connectivity index (χ1n) is 8.69. The van der Waals surface area contributed by atoms with E-state index in [1.54, 1.807) is 0 Å². The van der Waals surface area contributed by atoms with E-state index in [0.717, 1.165) is 11.5 Å². The fourth-order valence-electron chi connectivity index (χ4n) is 2.98. The highest BCUT2D eigenvalue weighted by atomic mass is 19.1. The molecular formula is C19H22FN5O2.